The van der Waals surface area contributed by atoms with E-state index in [4.69, 9.17) is 0 Å². The Hall–Kier alpha value is -3.35. The molecule has 0 aromatic heterocycles. The molecule has 6 heteroatoms. The summed E-state index contributed by atoms with van der Waals surface area (Å²) in [6.45, 7) is 10.1. The van der Waals surface area contributed by atoms with Gasteiger partial charge in [0.1, 0.15) is 0 Å². The van der Waals surface area contributed by atoms with E-state index >= 15 is 0 Å². The minimum absolute atomic E-state index is 0.110. The van der Waals surface area contributed by atoms with Gasteiger partial charge in [0, 0.05) is 28.7 Å². The van der Waals surface area contributed by atoms with Crippen molar-refractivity contribution in [1.82, 2.24) is 10.6 Å². The molecule has 0 aliphatic rings. The van der Waals surface area contributed by atoms with E-state index in [1.54, 1.807) is 13.0 Å². The van der Waals surface area contributed by atoms with Gasteiger partial charge in [0.15, 0.2) is 11.5 Å². The van der Waals surface area contributed by atoms with E-state index in [2.05, 4.69) is 22.8 Å². The molecular formula is C30H38N2O4. The molecule has 0 fully saturated rings. The average molecular weight is 491 g/mol. The normalized spacial score (nSPS) is 12.8. The number of hydrogen-bond donors (Lipinski definition) is 5. The van der Waals surface area contributed by atoms with Gasteiger partial charge in [0.2, 0.25) is 0 Å². The van der Waals surface area contributed by atoms with Crippen LogP contribution < -0.4 is 10.6 Å². The van der Waals surface area contributed by atoms with Gasteiger partial charge < -0.3 is 26.0 Å². The Labute approximate surface area is 214 Å². The lowest BCUT2D eigenvalue weighted by molar-refractivity contribution is 0.0913. The first kappa shape index (κ1) is 27.2. The summed E-state index contributed by atoms with van der Waals surface area (Å²) < 4.78 is 0. The highest BCUT2D eigenvalue weighted by atomic mass is 16.3. The van der Waals surface area contributed by atoms with Crippen molar-refractivity contribution >= 4 is 5.91 Å². The number of carbonyl (C=O) groups is 1. The van der Waals surface area contributed by atoms with Gasteiger partial charge in [-0.1, -0.05) is 48.5 Å². The number of amides is 1. The Morgan fingerprint density at radius 3 is 2.19 bits per heavy atom. The highest BCUT2D eigenvalue weighted by molar-refractivity contribution is 5.94. The van der Waals surface area contributed by atoms with Crippen LogP contribution >= 0.6 is 0 Å². The fourth-order valence-corrected chi connectivity index (χ4v) is 4.47. The van der Waals surface area contributed by atoms with E-state index in [-0.39, 0.29) is 29.5 Å². The van der Waals surface area contributed by atoms with Gasteiger partial charge in [-0.15, -0.1) is 0 Å². The topological polar surface area (TPSA) is 102 Å². The maximum atomic E-state index is 13.0. The lowest BCUT2D eigenvalue weighted by Gasteiger charge is -2.29. The van der Waals surface area contributed by atoms with Crippen LogP contribution in [-0.4, -0.2) is 38.8 Å². The van der Waals surface area contributed by atoms with Crippen molar-refractivity contribution in [2.24, 2.45) is 0 Å². The molecule has 36 heavy (non-hydrogen) atoms. The molecule has 1 amide bonds. The summed E-state index contributed by atoms with van der Waals surface area (Å²) in [5.41, 5.74) is 3.04. The molecule has 3 aromatic carbocycles. The zero-order chi connectivity index (χ0) is 26.5. The number of rotatable bonds is 10. The number of aliphatic hydroxyl groups excluding tert-OH is 1. The van der Waals surface area contributed by atoms with Gasteiger partial charge in [-0.25, -0.2) is 0 Å². The van der Waals surface area contributed by atoms with E-state index in [1.807, 2.05) is 70.2 Å². The third-order valence-electron chi connectivity index (χ3n) is 6.36. The molecule has 5 N–H and O–H groups in total. The molecule has 0 unspecified atom stereocenters. The number of aromatic hydroxyl groups is 2. The molecule has 3 aromatic rings. The van der Waals surface area contributed by atoms with Gasteiger partial charge in [0.05, 0.1) is 6.10 Å². The number of phenols is 2. The first-order chi connectivity index (χ1) is 16.9. The number of carbonyl (C=O) groups excluding carboxylic acids is 1. The second-order valence-electron chi connectivity index (χ2n) is 10.8. The van der Waals surface area contributed by atoms with Gasteiger partial charge in [0.25, 0.3) is 5.91 Å². The second-order valence-corrected chi connectivity index (χ2v) is 10.8. The smallest absolute Gasteiger partial charge is 0.251 e. The zero-order valence-electron chi connectivity index (χ0n) is 21.8. The highest BCUT2D eigenvalue weighted by Crippen LogP contribution is 2.33. The van der Waals surface area contributed by atoms with E-state index in [0.29, 0.717) is 23.1 Å². The standard InChI is InChI=1S/C30H38N2O4/c1-20-24(14-15-25(33)27(20)35)26(34)19-31-29(2,3)18-22-12-9-13-23(16-22)28(36)32-30(4,5)17-21-10-7-6-8-11-21/h6-16,26,31,33-35H,17-19H2,1-5H3,(H,32,36)/t26-/m0/s1. The number of phenolic OH excluding ortho intramolecular Hbond substituents is 2. The Morgan fingerprint density at radius 1 is 0.861 bits per heavy atom. The SMILES string of the molecule is Cc1c([C@@H](O)CNC(C)(C)Cc2cccc(C(=O)NC(C)(C)Cc3ccccc3)c2)ccc(O)c1O. The number of aliphatic hydroxyl groups is 1. The van der Waals surface area contributed by atoms with E-state index in [0.717, 1.165) is 12.0 Å². The van der Waals surface area contributed by atoms with Gasteiger partial charge in [-0.3, -0.25) is 4.79 Å². The minimum Gasteiger partial charge on any atom is -0.504 e. The van der Waals surface area contributed by atoms with E-state index < -0.39 is 11.6 Å². The molecule has 0 saturated carbocycles. The number of β-amino-alcohol motifs (C(OH)–C–C–N with tert-alkyl or cyclic N) is 1. The maximum Gasteiger partial charge on any atom is 0.251 e. The van der Waals surface area contributed by atoms with Crippen molar-refractivity contribution < 1.29 is 20.1 Å². The van der Waals surface area contributed by atoms with E-state index in [1.165, 1.54) is 11.6 Å². The molecule has 0 aliphatic carbocycles. The molecular weight excluding hydrogens is 452 g/mol. The van der Waals surface area contributed by atoms with Crippen molar-refractivity contribution in [2.75, 3.05) is 6.54 Å². The molecule has 3 rings (SSSR count). The zero-order valence-corrected chi connectivity index (χ0v) is 21.8. The largest absolute Gasteiger partial charge is 0.504 e. The van der Waals surface area contributed by atoms with Crippen LogP contribution in [0.3, 0.4) is 0 Å². The first-order valence-corrected chi connectivity index (χ1v) is 12.3. The summed E-state index contributed by atoms with van der Waals surface area (Å²) in [7, 11) is 0. The molecule has 6 nitrogen and oxygen atoms in total. The van der Waals surface area contributed by atoms with Crippen molar-refractivity contribution in [3.63, 3.8) is 0 Å². The Bertz CT molecular complexity index is 1190. The van der Waals surface area contributed by atoms with Crippen molar-refractivity contribution in [2.45, 2.75) is 64.6 Å². The monoisotopic (exact) mass is 490 g/mol. The van der Waals surface area contributed by atoms with Crippen LogP contribution in [0.1, 0.15) is 66.4 Å². The first-order valence-electron chi connectivity index (χ1n) is 12.3. The van der Waals surface area contributed by atoms with Crippen LogP contribution in [0.5, 0.6) is 11.5 Å². The third kappa shape index (κ3) is 7.33. The summed E-state index contributed by atoms with van der Waals surface area (Å²) in [4.78, 5) is 13.0. The molecule has 0 heterocycles. The molecule has 0 aliphatic heterocycles. The third-order valence-corrected chi connectivity index (χ3v) is 6.36. The Balaban J connectivity index is 1.61. The Morgan fingerprint density at radius 2 is 1.50 bits per heavy atom. The molecule has 0 spiro atoms. The molecule has 192 valence electrons. The van der Waals surface area contributed by atoms with Crippen LogP contribution in [0.2, 0.25) is 0 Å². The minimum atomic E-state index is -0.847. The maximum absolute atomic E-state index is 13.0. The fraction of sp³-hybridized carbons (Fsp3) is 0.367. The predicted molar refractivity (Wildman–Crippen MR) is 143 cm³/mol. The quantitative estimate of drug-likeness (QED) is 0.263. The van der Waals surface area contributed by atoms with Crippen molar-refractivity contribution in [1.29, 1.82) is 0 Å². The lowest BCUT2D eigenvalue weighted by Crippen LogP contribution is -2.45. The summed E-state index contributed by atoms with van der Waals surface area (Å²) in [5, 5.41) is 36.8. The summed E-state index contributed by atoms with van der Waals surface area (Å²) in [6, 6.07) is 20.7. The van der Waals surface area contributed by atoms with Crippen molar-refractivity contribution in [3.8, 4) is 11.5 Å². The van der Waals surface area contributed by atoms with Crippen LogP contribution in [0.4, 0.5) is 0 Å². The summed E-state index contributed by atoms with van der Waals surface area (Å²) in [5.74, 6) is -0.529. The second kappa shape index (κ2) is 11.1. The summed E-state index contributed by atoms with van der Waals surface area (Å²) >= 11 is 0. The summed E-state index contributed by atoms with van der Waals surface area (Å²) in [6.07, 6.45) is 0.532. The van der Waals surface area contributed by atoms with Crippen LogP contribution in [0.25, 0.3) is 0 Å². The lowest BCUT2D eigenvalue weighted by atomic mass is 9.92. The van der Waals surface area contributed by atoms with Crippen molar-refractivity contribution in [3.05, 3.63) is 94.5 Å². The fourth-order valence-electron chi connectivity index (χ4n) is 4.47. The van der Waals surface area contributed by atoms with Crippen LogP contribution in [0.15, 0.2) is 66.7 Å². The predicted octanol–water partition coefficient (Wildman–Crippen LogP) is 4.80. The van der Waals surface area contributed by atoms with Gasteiger partial charge in [-0.2, -0.15) is 0 Å². The Kier molecular flexibility index (Phi) is 8.43. The average Bonchev–Trinajstić information content (AvgIpc) is 2.81. The highest BCUT2D eigenvalue weighted by Gasteiger charge is 2.24. The van der Waals surface area contributed by atoms with Gasteiger partial charge >= 0.3 is 0 Å². The number of nitrogens with one attached hydrogen (secondary N) is 2. The number of benzene rings is 3. The van der Waals surface area contributed by atoms with Crippen LogP contribution in [0, 0.1) is 6.92 Å². The molecule has 0 radical (unpaired) electrons. The number of hydrogen-bond acceptors (Lipinski definition) is 5. The molecule has 0 bridgehead atoms. The van der Waals surface area contributed by atoms with Crippen LogP contribution in [-0.2, 0) is 12.8 Å². The van der Waals surface area contributed by atoms with Gasteiger partial charge in [-0.05, 0) is 82.3 Å². The molecule has 1 atom stereocenters. The molecule has 0 saturated heterocycles. The van der Waals surface area contributed by atoms with E-state index in [9.17, 15) is 20.1 Å².